The average Bonchev–Trinajstić information content (AvgIpc) is 2.60. The lowest BCUT2D eigenvalue weighted by molar-refractivity contribution is -0.687. The highest BCUT2D eigenvalue weighted by molar-refractivity contribution is 8.00. The number of hydrogen-bond donors (Lipinski definition) is 3. The van der Waals surface area contributed by atoms with Crippen molar-refractivity contribution in [3.8, 4) is 0 Å². The second kappa shape index (κ2) is 6.69. The van der Waals surface area contributed by atoms with Gasteiger partial charge in [-0.3, -0.25) is 14.5 Å². The molecule has 1 saturated heterocycles. The fourth-order valence-electron chi connectivity index (χ4n) is 2.73. The average molecular weight is 361 g/mol. The van der Waals surface area contributed by atoms with Crippen molar-refractivity contribution in [3.63, 3.8) is 0 Å². The maximum atomic E-state index is 11.9. The predicted molar refractivity (Wildman–Crippen MR) is 90.0 cm³/mol. The predicted octanol–water partition coefficient (Wildman–Crippen LogP) is -0.790. The zero-order valence-electron chi connectivity index (χ0n) is 13.2. The molecule has 1 fully saturated rings. The van der Waals surface area contributed by atoms with Crippen molar-refractivity contribution >= 4 is 29.5 Å². The van der Waals surface area contributed by atoms with Crippen LogP contribution in [0.3, 0.4) is 0 Å². The summed E-state index contributed by atoms with van der Waals surface area (Å²) in [6.07, 6.45) is 6.92. The number of aliphatic carboxylic acids is 1. The van der Waals surface area contributed by atoms with Crippen molar-refractivity contribution in [1.29, 1.82) is 0 Å². The highest BCUT2D eigenvalue weighted by Gasteiger charge is 2.51. The van der Waals surface area contributed by atoms with Crippen molar-refractivity contribution < 1.29 is 24.1 Å². The van der Waals surface area contributed by atoms with E-state index in [4.69, 9.17) is 11.5 Å². The number of pyridine rings is 1. The first-order chi connectivity index (χ1) is 11.9. The largest absolute Gasteiger partial charge is 0.477 e. The molecular formula is C16H17N4O4S+. The molecule has 1 aromatic rings. The Bertz CT molecular complexity index is 803. The molecule has 0 spiro atoms. The lowest BCUT2D eigenvalue weighted by atomic mass is 10.0. The Balaban J connectivity index is 1.76. The molecule has 2 aliphatic rings. The molecule has 0 radical (unpaired) electrons. The van der Waals surface area contributed by atoms with E-state index in [0.29, 0.717) is 23.4 Å². The molecule has 0 aromatic carbocycles. The van der Waals surface area contributed by atoms with E-state index in [2.05, 4.69) is 0 Å². The van der Waals surface area contributed by atoms with Crippen LogP contribution >= 0.6 is 11.8 Å². The van der Waals surface area contributed by atoms with E-state index in [9.17, 15) is 19.5 Å². The van der Waals surface area contributed by atoms with E-state index < -0.39 is 17.9 Å². The lowest BCUT2D eigenvalue weighted by Crippen LogP contribution is -2.68. The van der Waals surface area contributed by atoms with Gasteiger partial charge in [0, 0.05) is 17.9 Å². The van der Waals surface area contributed by atoms with Crippen LogP contribution in [0.2, 0.25) is 0 Å². The Morgan fingerprint density at radius 3 is 2.68 bits per heavy atom. The lowest BCUT2D eigenvalue weighted by Gasteiger charge is -2.47. The van der Waals surface area contributed by atoms with Gasteiger partial charge in [-0.25, -0.2) is 9.36 Å². The zero-order chi connectivity index (χ0) is 18.1. The second-order valence-electron chi connectivity index (χ2n) is 5.66. The van der Waals surface area contributed by atoms with E-state index >= 15 is 0 Å². The maximum Gasteiger partial charge on any atom is 0.352 e. The third-order valence-corrected chi connectivity index (χ3v) is 5.38. The Labute approximate surface area is 147 Å². The second-order valence-corrected chi connectivity index (χ2v) is 6.77. The summed E-state index contributed by atoms with van der Waals surface area (Å²) in [5.74, 6) is -1.52. The van der Waals surface area contributed by atoms with Gasteiger partial charge in [-0.05, 0) is 11.6 Å². The molecule has 9 heteroatoms. The van der Waals surface area contributed by atoms with Gasteiger partial charge in [0.15, 0.2) is 18.9 Å². The van der Waals surface area contributed by atoms with Crippen LogP contribution in [0.25, 0.3) is 0 Å². The summed E-state index contributed by atoms with van der Waals surface area (Å²) < 4.78 is 1.81. The van der Waals surface area contributed by atoms with Crippen LogP contribution in [0.4, 0.5) is 0 Å². The SMILES string of the molecule is NC(=O)c1cc[n+](CC=CC2=C(C(=O)O)N3C(=O)[C@@H](N)[C@H]3SC2)cc1. The van der Waals surface area contributed by atoms with Crippen molar-refractivity contribution in [2.24, 2.45) is 11.5 Å². The van der Waals surface area contributed by atoms with Crippen molar-refractivity contribution in [2.75, 3.05) is 5.75 Å². The number of nitrogens with zero attached hydrogens (tertiary/aromatic N) is 2. The molecule has 1 aromatic heterocycles. The smallest absolute Gasteiger partial charge is 0.352 e. The summed E-state index contributed by atoms with van der Waals surface area (Å²) in [5, 5.41) is 9.15. The van der Waals surface area contributed by atoms with E-state index in [0.717, 1.165) is 0 Å². The molecule has 3 heterocycles. The molecular weight excluding hydrogens is 344 g/mol. The molecule has 2 aliphatic heterocycles. The van der Waals surface area contributed by atoms with Crippen molar-refractivity contribution in [3.05, 3.63) is 53.5 Å². The minimum atomic E-state index is -1.14. The van der Waals surface area contributed by atoms with Crippen LogP contribution in [-0.4, -0.2) is 45.0 Å². The van der Waals surface area contributed by atoms with Crippen LogP contribution in [0.15, 0.2) is 47.9 Å². The number of carboxylic acids is 1. The minimum absolute atomic E-state index is 0.000719. The van der Waals surface area contributed by atoms with Crippen molar-refractivity contribution in [2.45, 2.75) is 18.0 Å². The molecule has 0 bridgehead atoms. The standard InChI is InChI=1S/C16H16N4O4S/c17-11-14(22)20-12(16(23)24)10(8-25-15(11)20)2-1-5-19-6-3-9(4-7-19)13(18)21/h1-4,6-7,11,15H,5,8,17H2,(H2-,18,21,23,24)/p+1/t11-,15-/m1/s1. The molecule has 0 aliphatic carbocycles. The van der Waals surface area contributed by atoms with E-state index in [1.54, 1.807) is 36.7 Å². The van der Waals surface area contributed by atoms with Crippen molar-refractivity contribution in [1.82, 2.24) is 4.90 Å². The molecule has 25 heavy (non-hydrogen) atoms. The molecule has 3 rings (SSSR count). The number of β-lactam (4-membered cyclic amide) rings is 1. The quantitative estimate of drug-likeness (QED) is 0.465. The molecule has 0 saturated carbocycles. The number of carbonyl (C=O) groups excluding carboxylic acids is 2. The Morgan fingerprint density at radius 2 is 2.08 bits per heavy atom. The fraction of sp³-hybridized carbons (Fsp3) is 0.250. The monoisotopic (exact) mass is 361 g/mol. The molecule has 2 atom stereocenters. The van der Waals surface area contributed by atoms with Gasteiger partial charge < -0.3 is 16.6 Å². The van der Waals surface area contributed by atoms with Crippen LogP contribution < -0.4 is 16.0 Å². The van der Waals surface area contributed by atoms with Gasteiger partial charge in [0.05, 0.1) is 5.56 Å². The minimum Gasteiger partial charge on any atom is -0.477 e. The normalized spacial score (nSPS) is 22.8. The summed E-state index contributed by atoms with van der Waals surface area (Å²) >= 11 is 1.45. The first-order valence-electron chi connectivity index (χ1n) is 7.52. The van der Waals surface area contributed by atoms with Gasteiger partial charge in [0.2, 0.25) is 11.8 Å². The van der Waals surface area contributed by atoms with Crippen LogP contribution in [0.5, 0.6) is 0 Å². The Hall–Kier alpha value is -2.65. The van der Waals surface area contributed by atoms with Gasteiger partial charge in [0.1, 0.15) is 17.1 Å². The zero-order valence-corrected chi connectivity index (χ0v) is 14.0. The summed E-state index contributed by atoms with van der Waals surface area (Å²) in [5.41, 5.74) is 11.9. The third kappa shape index (κ3) is 3.15. The van der Waals surface area contributed by atoms with Gasteiger partial charge in [0.25, 0.3) is 0 Å². The Kier molecular flexibility index (Phi) is 4.60. The number of fused-ring (bicyclic) bond motifs is 1. The van der Waals surface area contributed by atoms with Crippen LogP contribution in [0.1, 0.15) is 10.4 Å². The molecule has 0 unspecified atom stereocenters. The number of carbonyl (C=O) groups is 3. The molecule has 130 valence electrons. The van der Waals surface area contributed by atoms with Gasteiger partial charge >= 0.3 is 5.97 Å². The number of amides is 2. The first kappa shape index (κ1) is 17.2. The van der Waals surface area contributed by atoms with Gasteiger partial charge in [-0.15, -0.1) is 11.8 Å². The fourth-order valence-corrected chi connectivity index (χ4v) is 3.99. The summed E-state index contributed by atoms with van der Waals surface area (Å²) in [6.45, 7) is 0.483. The van der Waals surface area contributed by atoms with Crippen LogP contribution in [-0.2, 0) is 16.1 Å². The molecule has 2 amide bonds. The summed E-state index contributed by atoms with van der Waals surface area (Å²) in [4.78, 5) is 35.7. The number of primary amides is 1. The van der Waals surface area contributed by atoms with E-state index in [1.165, 1.54) is 16.7 Å². The number of nitrogens with two attached hydrogens (primary N) is 2. The van der Waals surface area contributed by atoms with Gasteiger partial charge in [-0.1, -0.05) is 6.08 Å². The number of rotatable bonds is 5. The number of aromatic nitrogens is 1. The summed E-state index contributed by atoms with van der Waals surface area (Å²) in [6, 6.07) is 2.59. The molecule has 5 N–H and O–H groups in total. The topological polar surface area (TPSA) is 131 Å². The van der Waals surface area contributed by atoms with Gasteiger partial charge in [-0.2, -0.15) is 0 Å². The number of allylic oxidation sites excluding steroid dienone is 2. The number of hydrogen-bond acceptors (Lipinski definition) is 5. The maximum absolute atomic E-state index is 11.9. The first-order valence-corrected chi connectivity index (χ1v) is 8.57. The number of carboxylic acid groups (broad SMARTS) is 1. The highest BCUT2D eigenvalue weighted by Crippen LogP contribution is 2.39. The van der Waals surface area contributed by atoms with E-state index in [1.807, 2.05) is 4.57 Å². The highest BCUT2D eigenvalue weighted by atomic mass is 32.2. The molecule has 8 nitrogen and oxygen atoms in total. The third-order valence-electron chi connectivity index (χ3n) is 4.05. The van der Waals surface area contributed by atoms with E-state index in [-0.39, 0.29) is 17.0 Å². The van der Waals surface area contributed by atoms with Crippen LogP contribution in [0, 0.1) is 0 Å². The number of thioether (sulfide) groups is 1. The summed E-state index contributed by atoms with van der Waals surface area (Å²) in [7, 11) is 0. The Morgan fingerprint density at radius 1 is 1.40 bits per heavy atom.